The lowest BCUT2D eigenvalue weighted by Crippen LogP contribution is -3.13. The van der Waals surface area contributed by atoms with Gasteiger partial charge < -0.3 is 19.7 Å². The summed E-state index contributed by atoms with van der Waals surface area (Å²) in [7, 11) is 0. The van der Waals surface area contributed by atoms with Crippen LogP contribution in [0, 0.1) is 5.92 Å². The molecule has 7 heteroatoms. The summed E-state index contributed by atoms with van der Waals surface area (Å²) in [5, 5.41) is 2.94. The fourth-order valence-corrected chi connectivity index (χ4v) is 4.40. The van der Waals surface area contributed by atoms with Crippen molar-refractivity contribution in [2.24, 2.45) is 5.92 Å². The second kappa shape index (κ2) is 7.28. The molecule has 0 spiro atoms. The third-order valence-corrected chi connectivity index (χ3v) is 6.13. The van der Waals surface area contributed by atoms with E-state index in [1.165, 1.54) is 20.9 Å². The van der Waals surface area contributed by atoms with Crippen molar-refractivity contribution in [3.05, 3.63) is 23.3 Å². The van der Waals surface area contributed by atoms with Crippen molar-refractivity contribution in [2.45, 2.75) is 52.1 Å². The maximum atomic E-state index is 12.9. The maximum absolute atomic E-state index is 12.9. The number of amides is 3. The van der Waals surface area contributed by atoms with Crippen molar-refractivity contribution >= 4 is 11.9 Å². The molecule has 28 heavy (non-hydrogen) atoms. The summed E-state index contributed by atoms with van der Waals surface area (Å²) in [6.07, 6.45) is 2.92. The highest BCUT2D eigenvalue weighted by atomic mass is 16.5. The number of rotatable bonds is 7. The van der Waals surface area contributed by atoms with Crippen LogP contribution in [0.3, 0.4) is 0 Å². The normalized spacial score (nSPS) is 26.8. The van der Waals surface area contributed by atoms with E-state index in [9.17, 15) is 9.59 Å². The van der Waals surface area contributed by atoms with Gasteiger partial charge in [-0.25, -0.2) is 9.69 Å². The first-order valence-corrected chi connectivity index (χ1v) is 10.3. The lowest BCUT2D eigenvalue weighted by atomic mass is 9.96. The first-order valence-electron chi connectivity index (χ1n) is 10.3. The standard InChI is InChI=1S/C21H29N3O4/c1-4-27-17-10-14-8-9-23(12-15(14)11-18(17)28-5-2)13-24-19(25)21(3,16-6-7-16)22-20(24)26/h10-11,16H,4-9,12-13H2,1-3H3,(H,22,26)/p+1/t21-/m0/s1. The van der Waals surface area contributed by atoms with E-state index in [1.807, 2.05) is 20.8 Å². The number of hydrogen-bond donors (Lipinski definition) is 2. The van der Waals surface area contributed by atoms with Crippen molar-refractivity contribution in [3.63, 3.8) is 0 Å². The van der Waals surface area contributed by atoms with E-state index in [0.717, 1.165) is 43.9 Å². The maximum Gasteiger partial charge on any atom is 0.329 e. The van der Waals surface area contributed by atoms with Crippen LogP contribution in [0.5, 0.6) is 11.5 Å². The van der Waals surface area contributed by atoms with E-state index in [0.29, 0.717) is 19.9 Å². The van der Waals surface area contributed by atoms with Crippen molar-refractivity contribution < 1.29 is 24.0 Å². The molecule has 1 aromatic carbocycles. The zero-order chi connectivity index (χ0) is 19.9. The summed E-state index contributed by atoms with van der Waals surface area (Å²) in [5.74, 6) is 1.78. The minimum atomic E-state index is -0.710. The fraction of sp³-hybridized carbons (Fsp3) is 0.619. The molecule has 2 N–H and O–H groups in total. The van der Waals surface area contributed by atoms with Gasteiger partial charge in [0.1, 0.15) is 12.1 Å². The van der Waals surface area contributed by atoms with Crippen molar-refractivity contribution in [1.82, 2.24) is 10.2 Å². The summed E-state index contributed by atoms with van der Waals surface area (Å²) in [4.78, 5) is 28.0. The molecule has 2 atom stereocenters. The summed E-state index contributed by atoms with van der Waals surface area (Å²) in [6, 6.07) is 3.89. The Balaban J connectivity index is 1.49. The number of imide groups is 1. The Hall–Kier alpha value is -2.28. The van der Waals surface area contributed by atoms with Crippen LogP contribution < -0.4 is 19.7 Å². The lowest BCUT2D eigenvalue weighted by Gasteiger charge is -2.29. The number of fused-ring (bicyclic) bond motifs is 1. The Bertz CT molecular complexity index is 792. The first kappa shape index (κ1) is 19.1. The molecule has 1 saturated heterocycles. The average molecular weight is 388 g/mol. The van der Waals surface area contributed by atoms with E-state index in [-0.39, 0.29) is 17.9 Å². The molecule has 1 aromatic rings. The number of urea groups is 1. The van der Waals surface area contributed by atoms with Crippen LogP contribution in [0.25, 0.3) is 0 Å². The van der Waals surface area contributed by atoms with Gasteiger partial charge in [0.05, 0.1) is 19.8 Å². The highest BCUT2D eigenvalue weighted by Gasteiger charge is 2.56. The number of nitrogens with zero attached hydrogens (tertiary/aromatic N) is 1. The lowest BCUT2D eigenvalue weighted by molar-refractivity contribution is -0.923. The monoisotopic (exact) mass is 388 g/mol. The summed E-state index contributed by atoms with van der Waals surface area (Å²) >= 11 is 0. The van der Waals surface area contributed by atoms with Crippen LogP contribution in [-0.4, -0.2) is 48.8 Å². The zero-order valence-corrected chi connectivity index (χ0v) is 17.0. The Morgan fingerprint density at radius 2 is 1.79 bits per heavy atom. The van der Waals surface area contributed by atoms with E-state index in [4.69, 9.17) is 9.47 Å². The van der Waals surface area contributed by atoms with E-state index in [2.05, 4.69) is 17.4 Å². The minimum Gasteiger partial charge on any atom is -0.490 e. The Morgan fingerprint density at radius 1 is 1.14 bits per heavy atom. The Kier molecular flexibility index (Phi) is 4.95. The van der Waals surface area contributed by atoms with Crippen molar-refractivity contribution in [1.29, 1.82) is 0 Å². The smallest absolute Gasteiger partial charge is 0.329 e. The van der Waals surface area contributed by atoms with Crippen LogP contribution in [0.15, 0.2) is 12.1 Å². The highest BCUT2D eigenvalue weighted by Crippen LogP contribution is 2.42. The predicted octanol–water partition coefficient (Wildman–Crippen LogP) is 1.10. The molecule has 2 heterocycles. The van der Waals surface area contributed by atoms with Crippen LogP contribution in [0.4, 0.5) is 4.79 Å². The molecule has 3 aliphatic rings. The second-order valence-electron chi connectivity index (χ2n) is 8.16. The van der Waals surface area contributed by atoms with Gasteiger partial charge in [0.15, 0.2) is 18.2 Å². The Labute approximate surface area is 166 Å². The molecule has 1 aliphatic carbocycles. The van der Waals surface area contributed by atoms with Crippen LogP contribution in [-0.2, 0) is 17.8 Å². The predicted molar refractivity (Wildman–Crippen MR) is 103 cm³/mol. The number of carbonyl (C=O) groups is 2. The van der Waals surface area contributed by atoms with Crippen molar-refractivity contribution in [2.75, 3.05) is 26.4 Å². The number of hydrogen-bond acceptors (Lipinski definition) is 4. The SMILES string of the molecule is CCOc1cc2c(cc1OCC)C[NH+](CN1C(=O)N[C@@](C)(C3CC3)C1=O)CC2. The summed E-state index contributed by atoms with van der Waals surface area (Å²) in [5.41, 5.74) is 1.75. The van der Waals surface area contributed by atoms with Crippen LogP contribution >= 0.6 is 0 Å². The molecule has 0 aromatic heterocycles. The van der Waals surface area contributed by atoms with Gasteiger partial charge in [-0.3, -0.25) is 4.79 Å². The van der Waals surface area contributed by atoms with Crippen LogP contribution in [0.1, 0.15) is 44.7 Å². The third-order valence-electron chi connectivity index (χ3n) is 6.13. The molecule has 2 aliphatic heterocycles. The number of quaternary nitrogens is 1. The molecular formula is C21H30N3O4+. The largest absolute Gasteiger partial charge is 0.490 e. The molecule has 152 valence electrons. The van der Waals surface area contributed by atoms with Gasteiger partial charge in [-0.05, 0) is 57.2 Å². The van der Waals surface area contributed by atoms with Crippen LogP contribution in [0.2, 0.25) is 0 Å². The summed E-state index contributed by atoms with van der Waals surface area (Å²) in [6.45, 7) is 9.03. The van der Waals surface area contributed by atoms with Gasteiger partial charge in [-0.1, -0.05) is 0 Å². The molecule has 4 rings (SSSR count). The number of ether oxygens (including phenoxy) is 2. The van der Waals surface area contributed by atoms with E-state index < -0.39 is 5.54 Å². The average Bonchev–Trinajstić information content (AvgIpc) is 3.49. The molecule has 2 fully saturated rings. The molecule has 3 amide bonds. The molecule has 7 nitrogen and oxygen atoms in total. The van der Waals surface area contributed by atoms with Gasteiger partial charge in [-0.15, -0.1) is 0 Å². The van der Waals surface area contributed by atoms with E-state index in [1.54, 1.807) is 0 Å². The van der Waals surface area contributed by atoms with Gasteiger partial charge in [0.25, 0.3) is 5.91 Å². The van der Waals surface area contributed by atoms with Gasteiger partial charge in [0, 0.05) is 12.0 Å². The molecule has 1 unspecified atom stereocenters. The molecule has 0 radical (unpaired) electrons. The molecule has 0 bridgehead atoms. The fourth-order valence-electron chi connectivity index (χ4n) is 4.40. The Morgan fingerprint density at radius 3 is 2.39 bits per heavy atom. The summed E-state index contributed by atoms with van der Waals surface area (Å²) < 4.78 is 11.5. The quantitative estimate of drug-likeness (QED) is 0.687. The van der Waals surface area contributed by atoms with Gasteiger partial charge in [0.2, 0.25) is 0 Å². The number of nitrogens with one attached hydrogen (secondary N) is 2. The number of benzene rings is 1. The number of carbonyl (C=O) groups excluding carboxylic acids is 2. The molecule has 1 saturated carbocycles. The minimum absolute atomic E-state index is 0.0694. The van der Waals surface area contributed by atoms with E-state index >= 15 is 0 Å². The third kappa shape index (κ3) is 3.32. The van der Waals surface area contributed by atoms with Crippen molar-refractivity contribution in [3.8, 4) is 11.5 Å². The zero-order valence-electron chi connectivity index (χ0n) is 17.0. The second-order valence-corrected chi connectivity index (χ2v) is 8.16. The highest BCUT2D eigenvalue weighted by molar-refractivity contribution is 6.07. The topological polar surface area (TPSA) is 72.3 Å². The molecular weight excluding hydrogens is 358 g/mol. The van der Waals surface area contributed by atoms with Gasteiger partial charge in [-0.2, -0.15) is 0 Å². The van der Waals surface area contributed by atoms with Gasteiger partial charge >= 0.3 is 6.03 Å². The first-order chi connectivity index (χ1) is 13.5.